The van der Waals surface area contributed by atoms with Crippen LogP contribution in [0.15, 0.2) is 48.5 Å². The Kier molecular flexibility index (Phi) is 5.66. The molecule has 0 aliphatic heterocycles. The van der Waals surface area contributed by atoms with Gasteiger partial charge in [0.1, 0.15) is 12.4 Å². The summed E-state index contributed by atoms with van der Waals surface area (Å²) in [5, 5.41) is 3.11. The number of hydrogen-bond acceptors (Lipinski definition) is 2. The molecule has 2 rings (SSSR count). The van der Waals surface area contributed by atoms with Gasteiger partial charge in [-0.15, -0.1) is 0 Å². The van der Waals surface area contributed by atoms with E-state index in [1.54, 1.807) is 6.07 Å². The van der Waals surface area contributed by atoms with Crippen LogP contribution in [-0.2, 0) is 19.3 Å². The largest absolute Gasteiger partial charge is 0.488 e. The second kappa shape index (κ2) is 7.51. The van der Waals surface area contributed by atoms with Crippen LogP contribution < -0.4 is 10.1 Å². The maximum atomic E-state index is 13.3. The summed E-state index contributed by atoms with van der Waals surface area (Å²) in [7, 11) is 0. The van der Waals surface area contributed by atoms with Crippen LogP contribution >= 0.6 is 0 Å². The van der Waals surface area contributed by atoms with Gasteiger partial charge in [0, 0.05) is 12.6 Å². The molecule has 124 valence electrons. The fourth-order valence-electron chi connectivity index (χ4n) is 2.09. The van der Waals surface area contributed by atoms with Crippen molar-refractivity contribution in [1.82, 2.24) is 5.32 Å². The molecule has 0 aromatic heterocycles. The lowest BCUT2D eigenvalue weighted by Gasteiger charge is -2.16. The molecule has 0 heterocycles. The van der Waals surface area contributed by atoms with Crippen LogP contribution in [0.25, 0.3) is 0 Å². The van der Waals surface area contributed by atoms with E-state index in [2.05, 4.69) is 5.32 Å². The van der Waals surface area contributed by atoms with Gasteiger partial charge >= 0.3 is 6.18 Å². The Morgan fingerprint density at radius 1 is 1.00 bits per heavy atom. The smallest absolute Gasteiger partial charge is 0.419 e. The molecule has 0 unspecified atom stereocenters. The highest BCUT2D eigenvalue weighted by atomic mass is 19.4. The van der Waals surface area contributed by atoms with Crippen LogP contribution in [0.4, 0.5) is 13.2 Å². The van der Waals surface area contributed by atoms with Crippen molar-refractivity contribution in [2.45, 2.75) is 39.2 Å². The number of alkyl halides is 3. The van der Waals surface area contributed by atoms with E-state index in [9.17, 15) is 13.2 Å². The summed E-state index contributed by atoms with van der Waals surface area (Å²) in [6.07, 6.45) is -4.44. The first-order valence-electron chi connectivity index (χ1n) is 7.46. The van der Waals surface area contributed by atoms with Gasteiger partial charge in [-0.1, -0.05) is 50.2 Å². The molecular formula is C18H20F3NO. The van der Waals surface area contributed by atoms with E-state index in [1.807, 2.05) is 44.2 Å². The lowest BCUT2D eigenvalue weighted by Crippen LogP contribution is -2.22. The van der Waals surface area contributed by atoms with E-state index in [0.29, 0.717) is 12.1 Å². The fourth-order valence-corrected chi connectivity index (χ4v) is 2.09. The molecule has 2 aromatic carbocycles. The molecule has 5 heteroatoms. The highest BCUT2D eigenvalue weighted by molar-refractivity contribution is 5.39. The Morgan fingerprint density at radius 2 is 1.70 bits per heavy atom. The summed E-state index contributed by atoms with van der Waals surface area (Å²) in [4.78, 5) is 0. The molecule has 0 fully saturated rings. The van der Waals surface area contributed by atoms with Crippen molar-refractivity contribution < 1.29 is 17.9 Å². The Balaban J connectivity index is 2.17. The molecule has 0 saturated carbocycles. The van der Waals surface area contributed by atoms with E-state index < -0.39 is 11.7 Å². The molecule has 0 saturated heterocycles. The van der Waals surface area contributed by atoms with Gasteiger partial charge in [0.05, 0.1) is 5.56 Å². The molecule has 0 aliphatic rings. The van der Waals surface area contributed by atoms with Crippen molar-refractivity contribution in [3.63, 3.8) is 0 Å². The molecule has 23 heavy (non-hydrogen) atoms. The third kappa shape index (κ3) is 5.28. The van der Waals surface area contributed by atoms with Crippen molar-refractivity contribution in [2.24, 2.45) is 0 Å². The Hall–Kier alpha value is -2.01. The van der Waals surface area contributed by atoms with E-state index >= 15 is 0 Å². The molecule has 2 nitrogen and oxygen atoms in total. The third-order valence-corrected chi connectivity index (χ3v) is 3.30. The summed E-state index contributed by atoms with van der Waals surface area (Å²) in [6.45, 7) is 4.39. The van der Waals surface area contributed by atoms with Gasteiger partial charge in [0.15, 0.2) is 0 Å². The van der Waals surface area contributed by atoms with Gasteiger partial charge in [0.2, 0.25) is 0 Å². The Bertz CT molecular complexity index is 624. The molecule has 0 amide bonds. The zero-order valence-corrected chi connectivity index (χ0v) is 13.2. The quantitative estimate of drug-likeness (QED) is 0.826. The molecule has 0 atom stereocenters. The molecule has 0 bridgehead atoms. The minimum Gasteiger partial charge on any atom is -0.488 e. The number of hydrogen-bond donors (Lipinski definition) is 1. The first-order valence-corrected chi connectivity index (χ1v) is 7.46. The topological polar surface area (TPSA) is 21.3 Å². The number of ether oxygens (including phenoxy) is 1. The third-order valence-electron chi connectivity index (χ3n) is 3.30. The summed E-state index contributed by atoms with van der Waals surface area (Å²) < 4.78 is 45.1. The zero-order valence-electron chi connectivity index (χ0n) is 13.2. The van der Waals surface area contributed by atoms with Crippen LogP contribution in [-0.4, -0.2) is 6.04 Å². The molecule has 0 radical (unpaired) electrons. The molecule has 0 aliphatic carbocycles. The zero-order chi connectivity index (χ0) is 16.9. The number of halogens is 3. The van der Waals surface area contributed by atoms with E-state index in [0.717, 1.165) is 11.6 Å². The van der Waals surface area contributed by atoms with Gasteiger partial charge in [0.25, 0.3) is 0 Å². The molecule has 1 N–H and O–H groups in total. The van der Waals surface area contributed by atoms with Crippen molar-refractivity contribution in [2.75, 3.05) is 0 Å². The van der Waals surface area contributed by atoms with Crippen LogP contribution in [0.5, 0.6) is 5.75 Å². The van der Waals surface area contributed by atoms with Crippen molar-refractivity contribution >= 4 is 0 Å². The van der Waals surface area contributed by atoms with Gasteiger partial charge in [-0.3, -0.25) is 0 Å². The van der Waals surface area contributed by atoms with Gasteiger partial charge in [-0.2, -0.15) is 13.2 Å². The lowest BCUT2D eigenvalue weighted by molar-refractivity contribution is -0.139. The monoisotopic (exact) mass is 323 g/mol. The first kappa shape index (κ1) is 17.3. The predicted molar refractivity (Wildman–Crippen MR) is 84.2 cm³/mol. The van der Waals surface area contributed by atoms with Gasteiger partial charge < -0.3 is 10.1 Å². The van der Waals surface area contributed by atoms with Crippen molar-refractivity contribution in [1.29, 1.82) is 0 Å². The number of benzene rings is 2. The average molecular weight is 323 g/mol. The molecule has 2 aromatic rings. The maximum Gasteiger partial charge on any atom is 0.419 e. The SMILES string of the molecule is CC(C)NCc1ccc(OCc2ccccc2)c(C(F)(F)F)c1. The second-order valence-corrected chi connectivity index (χ2v) is 5.64. The van der Waals surface area contributed by atoms with E-state index in [-0.39, 0.29) is 18.4 Å². The summed E-state index contributed by atoms with van der Waals surface area (Å²) >= 11 is 0. The van der Waals surface area contributed by atoms with Crippen molar-refractivity contribution in [3.05, 3.63) is 65.2 Å². The maximum absolute atomic E-state index is 13.3. The van der Waals surface area contributed by atoms with Crippen LogP contribution in [0.1, 0.15) is 30.5 Å². The summed E-state index contributed by atoms with van der Waals surface area (Å²) in [6, 6.07) is 13.5. The van der Waals surface area contributed by atoms with Crippen LogP contribution in [0.2, 0.25) is 0 Å². The number of nitrogens with one attached hydrogen (secondary N) is 1. The lowest BCUT2D eigenvalue weighted by atomic mass is 10.1. The average Bonchev–Trinajstić information content (AvgIpc) is 2.51. The summed E-state index contributed by atoms with van der Waals surface area (Å²) in [5.74, 6) is -0.144. The van der Waals surface area contributed by atoms with E-state index in [1.165, 1.54) is 6.07 Å². The normalized spacial score (nSPS) is 11.7. The van der Waals surface area contributed by atoms with Crippen LogP contribution in [0, 0.1) is 0 Å². The molecular weight excluding hydrogens is 303 g/mol. The number of rotatable bonds is 6. The Labute approximate surface area is 134 Å². The minimum absolute atomic E-state index is 0.105. The first-order chi connectivity index (χ1) is 10.9. The van der Waals surface area contributed by atoms with Gasteiger partial charge in [-0.05, 0) is 23.3 Å². The highest BCUT2D eigenvalue weighted by Gasteiger charge is 2.34. The minimum atomic E-state index is -4.44. The predicted octanol–water partition coefficient (Wildman–Crippen LogP) is 4.78. The standard InChI is InChI=1S/C18H20F3NO/c1-13(2)22-11-15-8-9-17(16(10-15)18(19,20)21)23-12-14-6-4-3-5-7-14/h3-10,13,22H,11-12H2,1-2H3. The van der Waals surface area contributed by atoms with Crippen LogP contribution in [0.3, 0.4) is 0 Å². The van der Waals surface area contributed by atoms with E-state index in [4.69, 9.17) is 4.74 Å². The van der Waals surface area contributed by atoms with Crippen molar-refractivity contribution in [3.8, 4) is 5.75 Å². The highest BCUT2D eigenvalue weighted by Crippen LogP contribution is 2.37. The summed E-state index contributed by atoms with van der Waals surface area (Å²) in [5.41, 5.74) is 0.667. The fraction of sp³-hybridized carbons (Fsp3) is 0.333. The molecule has 0 spiro atoms. The second-order valence-electron chi connectivity index (χ2n) is 5.64. The van der Waals surface area contributed by atoms with Gasteiger partial charge in [-0.25, -0.2) is 0 Å². The Morgan fingerprint density at radius 3 is 2.30 bits per heavy atom.